The van der Waals surface area contributed by atoms with Crippen molar-refractivity contribution in [3.8, 4) is 0 Å². The molecule has 1 aliphatic heterocycles. The standard InChI is InChI=1S/C17H28INO2/c1-15(2,3)21-14(20)19-9-5-13(6-10-19)16-7-4-8-17(18,11-16)12-16/h13H,4-12H2,1-3H3. The molecule has 1 saturated heterocycles. The number of hydrogen-bond donors (Lipinski definition) is 0. The average molecular weight is 405 g/mol. The Morgan fingerprint density at radius 2 is 1.81 bits per heavy atom. The molecule has 4 heteroatoms. The van der Waals surface area contributed by atoms with Crippen LogP contribution in [0.15, 0.2) is 0 Å². The fraction of sp³-hybridized carbons (Fsp3) is 0.941. The van der Waals surface area contributed by atoms with E-state index < -0.39 is 0 Å². The van der Waals surface area contributed by atoms with Crippen LogP contribution < -0.4 is 0 Å². The zero-order valence-corrected chi connectivity index (χ0v) is 15.7. The summed E-state index contributed by atoms with van der Waals surface area (Å²) in [6.45, 7) is 7.58. The summed E-state index contributed by atoms with van der Waals surface area (Å²) in [5.74, 6) is 0.833. The third-order valence-electron chi connectivity index (χ3n) is 5.65. The zero-order valence-electron chi connectivity index (χ0n) is 13.6. The first-order valence-electron chi connectivity index (χ1n) is 8.38. The van der Waals surface area contributed by atoms with Gasteiger partial charge in [0.05, 0.1) is 0 Å². The molecule has 0 unspecified atom stereocenters. The number of hydrogen-bond acceptors (Lipinski definition) is 2. The van der Waals surface area contributed by atoms with E-state index in [9.17, 15) is 4.79 Å². The van der Waals surface area contributed by atoms with Gasteiger partial charge >= 0.3 is 6.09 Å². The van der Waals surface area contributed by atoms with Crippen LogP contribution in [0.4, 0.5) is 4.79 Å². The van der Waals surface area contributed by atoms with Gasteiger partial charge in [-0.3, -0.25) is 0 Å². The zero-order chi connectivity index (χ0) is 15.3. The number of fused-ring (bicyclic) bond motifs is 2. The highest BCUT2D eigenvalue weighted by Crippen LogP contribution is 2.67. The molecular weight excluding hydrogens is 377 g/mol. The fourth-order valence-electron chi connectivity index (χ4n) is 4.81. The van der Waals surface area contributed by atoms with Crippen molar-refractivity contribution in [1.29, 1.82) is 0 Å². The van der Waals surface area contributed by atoms with Gasteiger partial charge in [0.2, 0.25) is 0 Å². The average Bonchev–Trinajstić information content (AvgIpc) is 2.36. The van der Waals surface area contributed by atoms with Gasteiger partial charge in [-0.2, -0.15) is 0 Å². The Morgan fingerprint density at radius 3 is 2.33 bits per heavy atom. The van der Waals surface area contributed by atoms with E-state index in [2.05, 4.69) is 22.6 Å². The topological polar surface area (TPSA) is 29.5 Å². The first kappa shape index (κ1) is 15.9. The van der Waals surface area contributed by atoms with E-state index in [-0.39, 0.29) is 11.7 Å². The molecule has 0 aromatic carbocycles. The van der Waals surface area contributed by atoms with Crippen LogP contribution in [0.5, 0.6) is 0 Å². The molecule has 0 aromatic rings. The van der Waals surface area contributed by atoms with Crippen LogP contribution in [-0.2, 0) is 4.74 Å². The molecule has 0 aromatic heterocycles. The number of nitrogens with zero attached hydrogens (tertiary/aromatic N) is 1. The molecule has 1 heterocycles. The van der Waals surface area contributed by atoms with Crippen molar-refractivity contribution in [3.05, 3.63) is 0 Å². The lowest BCUT2D eigenvalue weighted by atomic mass is 9.48. The molecule has 120 valence electrons. The molecule has 3 saturated carbocycles. The highest BCUT2D eigenvalue weighted by molar-refractivity contribution is 14.1. The Morgan fingerprint density at radius 1 is 1.19 bits per heavy atom. The molecule has 0 radical (unpaired) electrons. The second-order valence-corrected chi connectivity index (χ2v) is 10.8. The van der Waals surface area contributed by atoms with E-state index in [0.717, 1.165) is 19.0 Å². The number of ether oxygens (including phenoxy) is 1. The maximum absolute atomic E-state index is 12.1. The molecule has 4 aliphatic rings. The predicted octanol–water partition coefficient (Wildman–Crippen LogP) is 4.77. The van der Waals surface area contributed by atoms with Gasteiger partial charge in [0.15, 0.2) is 0 Å². The van der Waals surface area contributed by atoms with Crippen LogP contribution in [0.3, 0.4) is 0 Å². The molecule has 1 amide bonds. The van der Waals surface area contributed by atoms with E-state index in [1.54, 1.807) is 0 Å². The molecule has 0 atom stereocenters. The third-order valence-corrected chi connectivity index (χ3v) is 6.95. The molecule has 21 heavy (non-hydrogen) atoms. The maximum Gasteiger partial charge on any atom is 0.410 e. The molecule has 2 bridgehead atoms. The largest absolute Gasteiger partial charge is 0.444 e. The monoisotopic (exact) mass is 405 g/mol. The van der Waals surface area contributed by atoms with Gasteiger partial charge in [0.1, 0.15) is 5.60 Å². The number of rotatable bonds is 1. The number of amides is 1. The second-order valence-electron chi connectivity index (χ2n) is 8.46. The molecule has 0 N–H and O–H groups in total. The van der Waals surface area contributed by atoms with Crippen molar-refractivity contribution >= 4 is 28.7 Å². The predicted molar refractivity (Wildman–Crippen MR) is 92.8 cm³/mol. The summed E-state index contributed by atoms with van der Waals surface area (Å²) in [6, 6.07) is 0. The number of carbonyl (C=O) groups is 1. The lowest BCUT2D eigenvalue weighted by Crippen LogP contribution is -2.57. The fourth-order valence-corrected chi connectivity index (χ4v) is 6.72. The Hall–Kier alpha value is 0. The van der Waals surface area contributed by atoms with Crippen LogP contribution >= 0.6 is 22.6 Å². The first-order chi connectivity index (χ1) is 9.72. The summed E-state index contributed by atoms with van der Waals surface area (Å²) in [5.41, 5.74) is 0.240. The summed E-state index contributed by atoms with van der Waals surface area (Å²) < 4.78 is 6.12. The lowest BCUT2D eigenvalue weighted by molar-refractivity contribution is -0.0546. The van der Waals surface area contributed by atoms with Crippen LogP contribution in [0, 0.1) is 11.3 Å². The minimum Gasteiger partial charge on any atom is -0.444 e. The number of halogens is 1. The van der Waals surface area contributed by atoms with Crippen LogP contribution in [-0.4, -0.2) is 33.1 Å². The Kier molecular flexibility index (Phi) is 3.99. The quantitative estimate of drug-likeness (QED) is 0.465. The Bertz CT molecular complexity index is 415. The Labute approximate surface area is 142 Å². The van der Waals surface area contributed by atoms with Gasteiger partial charge in [0.25, 0.3) is 0 Å². The highest BCUT2D eigenvalue weighted by Gasteiger charge is 2.58. The number of likely N-dealkylation sites (tertiary alicyclic amines) is 1. The lowest BCUT2D eigenvalue weighted by Gasteiger charge is -2.62. The smallest absolute Gasteiger partial charge is 0.410 e. The minimum absolute atomic E-state index is 0.126. The molecule has 3 aliphatic carbocycles. The molecule has 3 nitrogen and oxygen atoms in total. The van der Waals surface area contributed by atoms with Crippen LogP contribution in [0.1, 0.15) is 65.7 Å². The van der Waals surface area contributed by atoms with Gasteiger partial charge in [0, 0.05) is 16.5 Å². The van der Waals surface area contributed by atoms with Crippen molar-refractivity contribution < 1.29 is 9.53 Å². The summed E-state index contributed by atoms with van der Waals surface area (Å²) in [7, 11) is 0. The van der Waals surface area contributed by atoms with Crippen molar-refractivity contribution in [1.82, 2.24) is 4.90 Å². The van der Waals surface area contributed by atoms with Crippen LogP contribution in [0.2, 0.25) is 0 Å². The van der Waals surface area contributed by atoms with E-state index in [0.29, 0.717) is 8.84 Å². The second kappa shape index (κ2) is 5.27. The van der Waals surface area contributed by atoms with Crippen molar-refractivity contribution in [2.45, 2.75) is 74.7 Å². The molecular formula is C17H28INO2. The third kappa shape index (κ3) is 3.20. The van der Waals surface area contributed by atoms with E-state index >= 15 is 0 Å². The van der Waals surface area contributed by atoms with Gasteiger partial charge in [-0.1, -0.05) is 29.0 Å². The van der Waals surface area contributed by atoms with E-state index in [1.165, 1.54) is 44.9 Å². The van der Waals surface area contributed by atoms with Gasteiger partial charge < -0.3 is 9.64 Å². The minimum atomic E-state index is -0.384. The SMILES string of the molecule is CC(C)(C)OC(=O)N1CCC(C23CCCC(I)(C2)C3)CC1. The van der Waals surface area contributed by atoms with E-state index in [1.807, 2.05) is 25.7 Å². The summed E-state index contributed by atoms with van der Waals surface area (Å²) in [5, 5.41) is 0. The number of carbonyl (C=O) groups excluding carboxylic acids is 1. The van der Waals surface area contributed by atoms with Crippen molar-refractivity contribution in [2.24, 2.45) is 11.3 Å². The van der Waals surface area contributed by atoms with E-state index in [4.69, 9.17) is 4.74 Å². The van der Waals surface area contributed by atoms with Gasteiger partial charge in [-0.15, -0.1) is 0 Å². The summed E-state index contributed by atoms with van der Waals surface area (Å²) >= 11 is 2.71. The first-order valence-corrected chi connectivity index (χ1v) is 9.46. The van der Waals surface area contributed by atoms with Crippen LogP contribution in [0.25, 0.3) is 0 Å². The Balaban J connectivity index is 1.53. The number of piperidine rings is 1. The van der Waals surface area contributed by atoms with Crippen molar-refractivity contribution in [3.63, 3.8) is 0 Å². The summed E-state index contributed by atoms with van der Waals surface area (Å²) in [4.78, 5) is 14.1. The molecule has 0 spiro atoms. The maximum atomic E-state index is 12.1. The molecule has 4 fully saturated rings. The normalized spacial score (nSPS) is 37.0. The number of alkyl halides is 1. The van der Waals surface area contributed by atoms with Gasteiger partial charge in [-0.25, -0.2) is 4.79 Å². The van der Waals surface area contributed by atoms with Crippen molar-refractivity contribution in [2.75, 3.05) is 13.1 Å². The molecule has 4 rings (SSSR count). The van der Waals surface area contributed by atoms with Gasteiger partial charge in [-0.05, 0) is 70.6 Å². The highest BCUT2D eigenvalue weighted by atomic mass is 127. The summed E-state index contributed by atoms with van der Waals surface area (Å²) in [6.07, 6.45) is 9.34.